The third-order valence-electron chi connectivity index (χ3n) is 7.10. The van der Waals surface area contributed by atoms with Gasteiger partial charge in [-0.2, -0.15) is 0 Å². The van der Waals surface area contributed by atoms with Crippen LogP contribution in [0.4, 0.5) is 13.2 Å². The van der Waals surface area contributed by atoms with Crippen LogP contribution in [0.2, 0.25) is 5.02 Å². The normalized spacial score (nSPS) is 15.6. The summed E-state index contributed by atoms with van der Waals surface area (Å²) in [5.74, 6) is -3.95. The van der Waals surface area contributed by atoms with Gasteiger partial charge in [0.1, 0.15) is 18.2 Å². The molecule has 0 spiro atoms. The van der Waals surface area contributed by atoms with Crippen molar-refractivity contribution in [3.63, 3.8) is 0 Å². The van der Waals surface area contributed by atoms with E-state index in [4.69, 9.17) is 21.1 Å². The number of hydrogen-bond donors (Lipinski definition) is 1. The van der Waals surface area contributed by atoms with Crippen molar-refractivity contribution >= 4 is 28.5 Å². The molecule has 0 amide bonds. The Hall–Kier alpha value is -3.04. The highest BCUT2D eigenvalue weighted by Gasteiger charge is 2.40. The van der Waals surface area contributed by atoms with Gasteiger partial charge in [0.15, 0.2) is 17.4 Å². The zero-order valence-corrected chi connectivity index (χ0v) is 21.2. The highest BCUT2D eigenvalue weighted by molar-refractivity contribution is 6.32. The lowest BCUT2D eigenvalue weighted by molar-refractivity contribution is -0.152. The van der Waals surface area contributed by atoms with Crippen LogP contribution in [0.25, 0.3) is 10.9 Å². The molecule has 1 fully saturated rings. The number of fused-ring (bicyclic) bond motifs is 1. The Kier molecular flexibility index (Phi) is 8.44. The van der Waals surface area contributed by atoms with Crippen LogP contribution in [0.1, 0.15) is 31.2 Å². The summed E-state index contributed by atoms with van der Waals surface area (Å²) in [5, 5.41) is 11.5. The smallest absolute Gasteiger partial charge is 0.309 e. The number of likely N-dealkylation sites (tertiary alicyclic amines) is 1. The average molecular weight is 537 g/mol. The van der Waals surface area contributed by atoms with Gasteiger partial charge >= 0.3 is 5.97 Å². The van der Waals surface area contributed by atoms with E-state index >= 15 is 0 Å². The summed E-state index contributed by atoms with van der Waals surface area (Å²) in [7, 11) is 1.59. The van der Waals surface area contributed by atoms with Crippen molar-refractivity contribution in [1.82, 2.24) is 9.88 Å². The van der Waals surface area contributed by atoms with Gasteiger partial charge < -0.3 is 14.6 Å². The number of pyridine rings is 1. The van der Waals surface area contributed by atoms with Crippen molar-refractivity contribution in [2.24, 2.45) is 5.41 Å². The van der Waals surface area contributed by atoms with Crippen LogP contribution >= 0.6 is 11.6 Å². The Morgan fingerprint density at radius 2 is 1.86 bits per heavy atom. The molecule has 37 heavy (non-hydrogen) atoms. The summed E-state index contributed by atoms with van der Waals surface area (Å²) >= 11 is 6.45. The van der Waals surface area contributed by atoms with Gasteiger partial charge in [-0.25, -0.2) is 13.2 Å². The quantitative estimate of drug-likeness (QED) is 0.349. The molecule has 10 heteroatoms. The third kappa shape index (κ3) is 6.10. The zero-order chi connectivity index (χ0) is 26.6. The molecule has 2 aromatic carbocycles. The highest BCUT2D eigenvalue weighted by atomic mass is 35.5. The Labute approximate surface area is 218 Å². The van der Waals surface area contributed by atoms with Crippen LogP contribution in [0.5, 0.6) is 11.5 Å². The largest absolute Gasteiger partial charge is 0.497 e. The third-order valence-corrected chi connectivity index (χ3v) is 7.43. The first kappa shape index (κ1) is 27.0. The molecule has 1 aromatic heterocycles. The maximum absolute atomic E-state index is 13.8. The van der Waals surface area contributed by atoms with Gasteiger partial charge in [0, 0.05) is 30.3 Å². The topological polar surface area (TPSA) is 71.9 Å². The number of aliphatic carboxylic acids is 1. The Balaban J connectivity index is 1.33. The molecule has 0 radical (unpaired) electrons. The molecule has 3 aromatic rings. The number of carbonyl (C=O) groups is 1. The van der Waals surface area contributed by atoms with Gasteiger partial charge in [-0.3, -0.25) is 14.7 Å². The van der Waals surface area contributed by atoms with E-state index in [2.05, 4.69) is 4.98 Å². The molecule has 1 aliphatic rings. The van der Waals surface area contributed by atoms with Gasteiger partial charge in [0.05, 0.1) is 23.1 Å². The second-order valence-electron chi connectivity index (χ2n) is 9.30. The predicted molar refractivity (Wildman–Crippen MR) is 134 cm³/mol. The number of carboxylic acid groups (broad SMARTS) is 1. The maximum Gasteiger partial charge on any atom is 0.309 e. The van der Waals surface area contributed by atoms with E-state index in [-0.39, 0.29) is 6.61 Å². The lowest BCUT2D eigenvalue weighted by Crippen LogP contribution is -2.45. The van der Waals surface area contributed by atoms with Crippen LogP contribution in [-0.4, -0.2) is 54.3 Å². The number of benzene rings is 2. The number of aromatic nitrogens is 1. The van der Waals surface area contributed by atoms with Crippen LogP contribution in [0.3, 0.4) is 0 Å². The van der Waals surface area contributed by atoms with E-state index < -0.39 is 34.6 Å². The number of hydrogen-bond acceptors (Lipinski definition) is 5. The number of piperidine rings is 1. The van der Waals surface area contributed by atoms with Crippen molar-refractivity contribution in [2.75, 3.05) is 33.4 Å². The molecule has 2 heterocycles. The van der Waals surface area contributed by atoms with Crippen molar-refractivity contribution in [3.8, 4) is 11.5 Å². The second kappa shape index (κ2) is 11.6. The molecule has 1 saturated heterocycles. The van der Waals surface area contributed by atoms with Crippen LogP contribution in [0, 0.1) is 22.9 Å². The van der Waals surface area contributed by atoms with Gasteiger partial charge in [0.25, 0.3) is 0 Å². The number of halogens is 4. The van der Waals surface area contributed by atoms with E-state index in [1.807, 2.05) is 23.1 Å². The number of rotatable bonds is 10. The number of methoxy groups -OCH3 is 1. The first-order valence-electron chi connectivity index (χ1n) is 12.1. The summed E-state index contributed by atoms with van der Waals surface area (Å²) < 4.78 is 51.1. The predicted octanol–water partition coefficient (Wildman–Crippen LogP) is 5.88. The monoisotopic (exact) mass is 536 g/mol. The Morgan fingerprint density at radius 3 is 2.51 bits per heavy atom. The van der Waals surface area contributed by atoms with E-state index in [1.165, 1.54) is 0 Å². The first-order valence-corrected chi connectivity index (χ1v) is 12.4. The van der Waals surface area contributed by atoms with E-state index in [1.54, 1.807) is 13.3 Å². The molecule has 198 valence electrons. The van der Waals surface area contributed by atoms with Crippen molar-refractivity contribution in [2.45, 2.75) is 32.1 Å². The average Bonchev–Trinajstić information content (AvgIpc) is 2.87. The van der Waals surface area contributed by atoms with Gasteiger partial charge in [-0.1, -0.05) is 11.6 Å². The molecule has 0 aliphatic carbocycles. The molecule has 4 rings (SSSR count). The molecule has 1 N–H and O–H groups in total. The van der Waals surface area contributed by atoms with E-state index in [0.717, 1.165) is 16.5 Å². The van der Waals surface area contributed by atoms with E-state index in [9.17, 15) is 23.1 Å². The Morgan fingerprint density at radius 1 is 1.16 bits per heavy atom. The number of carboxylic acids is 1. The summed E-state index contributed by atoms with van der Waals surface area (Å²) in [6.07, 6.45) is 4.23. The molecule has 6 nitrogen and oxygen atoms in total. The number of aryl methyl sites for hydroxylation is 1. The minimum absolute atomic E-state index is 0.00335. The fourth-order valence-electron chi connectivity index (χ4n) is 4.91. The Bertz CT molecular complexity index is 1260. The molecule has 0 saturated carbocycles. The van der Waals surface area contributed by atoms with E-state index in [0.29, 0.717) is 74.6 Å². The van der Waals surface area contributed by atoms with Crippen LogP contribution < -0.4 is 9.47 Å². The summed E-state index contributed by atoms with van der Waals surface area (Å²) in [6.45, 7) is 1.39. The molecule has 0 unspecified atom stereocenters. The van der Waals surface area contributed by atoms with Gasteiger partial charge in [0.2, 0.25) is 0 Å². The van der Waals surface area contributed by atoms with Crippen molar-refractivity contribution in [3.05, 3.63) is 64.6 Å². The molecule has 0 atom stereocenters. The summed E-state index contributed by atoms with van der Waals surface area (Å²) in [4.78, 5) is 18.6. The lowest BCUT2D eigenvalue weighted by Gasteiger charge is -2.39. The fourth-order valence-corrected chi connectivity index (χ4v) is 5.15. The van der Waals surface area contributed by atoms with Crippen molar-refractivity contribution < 1.29 is 32.5 Å². The summed E-state index contributed by atoms with van der Waals surface area (Å²) in [5.41, 5.74) is 0.851. The molecular weight excluding hydrogens is 509 g/mol. The molecule has 1 aliphatic heterocycles. The fraction of sp³-hybridized carbons (Fsp3) is 0.407. The second-order valence-corrected chi connectivity index (χ2v) is 9.70. The summed E-state index contributed by atoms with van der Waals surface area (Å²) in [6, 6.07) is 6.72. The maximum atomic E-state index is 13.8. The number of ether oxygens (including phenoxy) is 2. The minimum atomic E-state index is -1.10. The van der Waals surface area contributed by atoms with Crippen LogP contribution in [-0.2, 0) is 11.2 Å². The van der Waals surface area contributed by atoms with Crippen molar-refractivity contribution in [1.29, 1.82) is 0 Å². The highest BCUT2D eigenvalue weighted by Crippen LogP contribution is 2.38. The molecular formula is C27H28ClF3N2O4. The molecule has 0 bridgehead atoms. The minimum Gasteiger partial charge on any atom is -0.497 e. The lowest BCUT2D eigenvalue weighted by atomic mass is 9.74. The zero-order valence-electron chi connectivity index (χ0n) is 20.4. The van der Waals surface area contributed by atoms with Gasteiger partial charge in [-0.05, 0) is 69.0 Å². The SMILES string of the molecule is COc1ccc2ncc(Cl)c(CCCC3(C(=O)O)CCN(CCOc4c(F)cc(F)cc4F)CC3)c2c1. The van der Waals surface area contributed by atoms with Gasteiger partial charge in [-0.15, -0.1) is 0 Å². The number of nitrogens with zero attached hydrogens (tertiary/aromatic N) is 2. The first-order chi connectivity index (χ1) is 17.7. The van der Waals surface area contributed by atoms with Crippen LogP contribution in [0.15, 0.2) is 36.5 Å². The standard InChI is InChI=1S/C27H28ClF3N2O4/c1-36-18-4-5-24-20(15-18)19(21(28)16-32-24)3-2-6-27(26(34)35)7-9-33(10-8-27)11-12-37-25-22(30)13-17(29)14-23(25)31/h4-5,13-16H,2-3,6-12H2,1H3,(H,34,35).